The Kier molecular flexibility index (Phi) is 4.37. The van der Waals surface area contributed by atoms with Crippen molar-refractivity contribution in [3.63, 3.8) is 0 Å². The zero-order valence-electron chi connectivity index (χ0n) is 10.7. The summed E-state index contributed by atoms with van der Waals surface area (Å²) in [4.78, 5) is 16.4. The Hall–Kier alpha value is -1.35. The fraction of sp³-hybridized carbons (Fsp3) is 0.333. The molecule has 94 valence electrons. The normalized spacial score (nSPS) is 12.6. The first-order chi connectivity index (χ1) is 8.72. The van der Waals surface area contributed by atoms with Crippen molar-refractivity contribution in [3.05, 3.63) is 42.1 Å². The first kappa shape index (κ1) is 13.1. The number of thioether (sulfide) groups is 1. The molecule has 0 saturated heterocycles. The number of fused-ring (bicyclic) bond motifs is 1. The summed E-state index contributed by atoms with van der Waals surface area (Å²) < 4.78 is 0. The number of benzene rings is 1. The number of aromatic nitrogens is 1. The molecule has 0 spiro atoms. The van der Waals surface area contributed by atoms with Crippen LogP contribution in [-0.2, 0) is 11.2 Å². The number of carbonyl (C=O) groups excluding carboxylic acids is 1. The van der Waals surface area contributed by atoms with Crippen molar-refractivity contribution in [2.45, 2.75) is 13.3 Å². The van der Waals surface area contributed by atoms with E-state index in [1.807, 2.05) is 43.5 Å². The number of carbonyl (C=O) groups is 1. The summed E-state index contributed by atoms with van der Waals surface area (Å²) in [5, 5.41) is 1.09. The SMILES string of the molecule is CSCC(C)C(=O)Cc1ccnc2ccccc12. The molecule has 0 aliphatic carbocycles. The molecule has 0 aliphatic heterocycles. The van der Waals surface area contributed by atoms with Gasteiger partial charge in [-0.05, 0) is 24.0 Å². The van der Waals surface area contributed by atoms with E-state index in [1.54, 1.807) is 18.0 Å². The lowest BCUT2D eigenvalue weighted by Gasteiger charge is -2.10. The Morgan fingerprint density at radius 2 is 2.11 bits per heavy atom. The molecule has 0 saturated carbocycles. The third-order valence-electron chi connectivity index (χ3n) is 3.07. The molecule has 2 rings (SSSR count). The molecule has 1 unspecified atom stereocenters. The van der Waals surface area contributed by atoms with Crippen LogP contribution in [0, 0.1) is 5.92 Å². The van der Waals surface area contributed by atoms with E-state index in [1.165, 1.54) is 0 Å². The molecule has 0 bridgehead atoms. The second kappa shape index (κ2) is 6.01. The second-order valence-corrected chi connectivity index (χ2v) is 5.40. The summed E-state index contributed by atoms with van der Waals surface area (Å²) in [6.07, 6.45) is 4.32. The summed E-state index contributed by atoms with van der Waals surface area (Å²) in [7, 11) is 0. The maximum absolute atomic E-state index is 12.1. The Labute approximate surface area is 112 Å². The molecule has 2 nitrogen and oxygen atoms in total. The molecule has 2 aromatic rings. The molecule has 0 aliphatic rings. The number of para-hydroxylation sites is 1. The van der Waals surface area contributed by atoms with Gasteiger partial charge in [0.1, 0.15) is 5.78 Å². The molecule has 1 atom stereocenters. The average Bonchev–Trinajstić information content (AvgIpc) is 2.39. The van der Waals surface area contributed by atoms with Gasteiger partial charge < -0.3 is 0 Å². The summed E-state index contributed by atoms with van der Waals surface area (Å²) in [6, 6.07) is 9.92. The van der Waals surface area contributed by atoms with Crippen LogP contribution in [-0.4, -0.2) is 22.8 Å². The quantitative estimate of drug-likeness (QED) is 0.825. The van der Waals surface area contributed by atoms with Gasteiger partial charge in [-0.15, -0.1) is 0 Å². The molecule has 1 heterocycles. The Balaban J connectivity index is 2.24. The van der Waals surface area contributed by atoms with E-state index in [-0.39, 0.29) is 5.92 Å². The monoisotopic (exact) mass is 259 g/mol. The van der Waals surface area contributed by atoms with Crippen LogP contribution in [0.15, 0.2) is 36.5 Å². The second-order valence-electron chi connectivity index (χ2n) is 4.49. The Morgan fingerprint density at radius 3 is 2.89 bits per heavy atom. The third-order valence-corrected chi connectivity index (χ3v) is 3.90. The maximum atomic E-state index is 12.1. The van der Waals surface area contributed by atoms with E-state index >= 15 is 0 Å². The zero-order valence-corrected chi connectivity index (χ0v) is 11.5. The largest absolute Gasteiger partial charge is 0.299 e. The molecule has 1 aromatic heterocycles. The summed E-state index contributed by atoms with van der Waals surface area (Å²) in [5.41, 5.74) is 2.04. The van der Waals surface area contributed by atoms with Crippen LogP contribution in [0.25, 0.3) is 10.9 Å². The van der Waals surface area contributed by atoms with Crippen molar-refractivity contribution in [2.75, 3.05) is 12.0 Å². The maximum Gasteiger partial charge on any atom is 0.140 e. The van der Waals surface area contributed by atoms with Crippen LogP contribution >= 0.6 is 11.8 Å². The lowest BCUT2D eigenvalue weighted by atomic mass is 9.98. The minimum Gasteiger partial charge on any atom is -0.299 e. The van der Waals surface area contributed by atoms with Gasteiger partial charge in [-0.3, -0.25) is 9.78 Å². The molecule has 1 aromatic carbocycles. The lowest BCUT2D eigenvalue weighted by molar-refractivity contribution is -0.121. The van der Waals surface area contributed by atoms with E-state index < -0.39 is 0 Å². The number of hydrogen-bond donors (Lipinski definition) is 0. The predicted molar refractivity (Wildman–Crippen MR) is 78.0 cm³/mol. The fourth-order valence-corrected chi connectivity index (χ4v) is 2.70. The number of rotatable bonds is 5. The lowest BCUT2D eigenvalue weighted by Crippen LogP contribution is -2.16. The highest BCUT2D eigenvalue weighted by molar-refractivity contribution is 7.98. The molecule has 0 fully saturated rings. The van der Waals surface area contributed by atoms with E-state index in [2.05, 4.69) is 4.98 Å². The van der Waals surface area contributed by atoms with Crippen LogP contribution in [0.2, 0.25) is 0 Å². The van der Waals surface area contributed by atoms with Crippen molar-refractivity contribution in [2.24, 2.45) is 5.92 Å². The average molecular weight is 259 g/mol. The van der Waals surface area contributed by atoms with Gasteiger partial charge in [-0.25, -0.2) is 0 Å². The molecule has 0 radical (unpaired) electrons. The summed E-state index contributed by atoms with van der Waals surface area (Å²) >= 11 is 1.72. The summed E-state index contributed by atoms with van der Waals surface area (Å²) in [5.74, 6) is 1.31. The van der Waals surface area contributed by atoms with Gasteiger partial charge in [0.25, 0.3) is 0 Å². The van der Waals surface area contributed by atoms with Gasteiger partial charge in [0.15, 0.2) is 0 Å². The first-order valence-corrected chi connectivity index (χ1v) is 7.46. The van der Waals surface area contributed by atoms with Gasteiger partial charge in [0.2, 0.25) is 0 Å². The van der Waals surface area contributed by atoms with Crippen LogP contribution in [0.3, 0.4) is 0 Å². The molecule has 18 heavy (non-hydrogen) atoms. The molecule has 3 heteroatoms. The van der Waals surface area contributed by atoms with E-state index in [9.17, 15) is 4.79 Å². The highest BCUT2D eigenvalue weighted by Crippen LogP contribution is 2.18. The van der Waals surface area contributed by atoms with Gasteiger partial charge in [-0.2, -0.15) is 11.8 Å². The molecule has 0 N–H and O–H groups in total. The van der Waals surface area contributed by atoms with E-state index in [0.29, 0.717) is 12.2 Å². The van der Waals surface area contributed by atoms with Crippen LogP contribution in [0.4, 0.5) is 0 Å². The standard InChI is InChI=1S/C15H17NOS/c1-11(10-18-2)15(17)9-12-7-8-16-14-6-4-3-5-13(12)14/h3-8,11H,9-10H2,1-2H3. The number of ketones is 1. The van der Waals surface area contributed by atoms with Gasteiger partial charge in [0.05, 0.1) is 5.52 Å². The Morgan fingerprint density at radius 1 is 1.33 bits per heavy atom. The smallest absolute Gasteiger partial charge is 0.140 e. The predicted octanol–water partition coefficient (Wildman–Crippen LogP) is 3.35. The van der Waals surface area contributed by atoms with Crippen molar-refractivity contribution >= 4 is 28.4 Å². The molecular formula is C15H17NOS. The van der Waals surface area contributed by atoms with E-state index in [0.717, 1.165) is 22.2 Å². The van der Waals surface area contributed by atoms with E-state index in [4.69, 9.17) is 0 Å². The van der Waals surface area contributed by atoms with Crippen molar-refractivity contribution < 1.29 is 4.79 Å². The number of hydrogen-bond acceptors (Lipinski definition) is 3. The minimum atomic E-state index is 0.118. The van der Waals surface area contributed by atoms with Crippen molar-refractivity contribution in [1.29, 1.82) is 0 Å². The third kappa shape index (κ3) is 2.91. The van der Waals surface area contributed by atoms with Crippen LogP contribution < -0.4 is 0 Å². The first-order valence-electron chi connectivity index (χ1n) is 6.06. The van der Waals surface area contributed by atoms with Gasteiger partial charge >= 0.3 is 0 Å². The minimum absolute atomic E-state index is 0.118. The number of nitrogens with zero attached hydrogens (tertiary/aromatic N) is 1. The Bertz CT molecular complexity index is 548. The highest BCUT2D eigenvalue weighted by atomic mass is 32.2. The topological polar surface area (TPSA) is 30.0 Å². The van der Waals surface area contributed by atoms with Crippen LogP contribution in [0.5, 0.6) is 0 Å². The highest BCUT2D eigenvalue weighted by Gasteiger charge is 2.14. The number of Topliss-reactive ketones (excluding diaryl/α,β-unsaturated/α-hetero) is 1. The van der Waals surface area contributed by atoms with Crippen molar-refractivity contribution in [1.82, 2.24) is 4.98 Å². The van der Waals surface area contributed by atoms with Gasteiger partial charge in [-0.1, -0.05) is 25.1 Å². The zero-order chi connectivity index (χ0) is 13.0. The van der Waals surface area contributed by atoms with Gasteiger partial charge in [0, 0.05) is 29.7 Å². The molecular weight excluding hydrogens is 242 g/mol. The molecule has 0 amide bonds. The summed E-state index contributed by atoms with van der Waals surface area (Å²) in [6.45, 7) is 2.00. The van der Waals surface area contributed by atoms with Crippen LogP contribution in [0.1, 0.15) is 12.5 Å². The number of pyridine rings is 1. The fourth-order valence-electron chi connectivity index (χ4n) is 2.01. The van der Waals surface area contributed by atoms with Crippen molar-refractivity contribution in [3.8, 4) is 0 Å².